The number of piperazine rings is 1. The van der Waals surface area contributed by atoms with Gasteiger partial charge in [-0.25, -0.2) is 4.39 Å². The highest BCUT2D eigenvalue weighted by Gasteiger charge is 2.53. The molecular formula is C25H35ClFN6O3+. The predicted octanol–water partition coefficient (Wildman–Crippen LogP) is 1.37. The summed E-state index contributed by atoms with van der Waals surface area (Å²) >= 11 is 6.06. The first-order chi connectivity index (χ1) is 17.2. The molecule has 5 saturated heterocycles. The fourth-order valence-electron chi connectivity index (χ4n) is 6.95. The van der Waals surface area contributed by atoms with Gasteiger partial charge in [0.25, 0.3) is 0 Å². The van der Waals surface area contributed by atoms with E-state index >= 15 is 4.39 Å². The van der Waals surface area contributed by atoms with Gasteiger partial charge in [-0.05, 0) is 25.5 Å². The fourth-order valence-corrected chi connectivity index (χ4v) is 7.11. The maximum atomic E-state index is 15.2. The molecule has 11 heteroatoms. The molecule has 9 nitrogen and oxygen atoms in total. The first-order valence-corrected chi connectivity index (χ1v) is 13.4. The number of nitroso groups, excluding NO2 is 1. The summed E-state index contributed by atoms with van der Waals surface area (Å²) in [6.07, 6.45) is 0.623. The van der Waals surface area contributed by atoms with E-state index in [2.05, 4.69) is 15.5 Å². The van der Waals surface area contributed by atoms with E-state index < -0.39 is 6.04 Å². The summed E-state index contributed by atoms with van der Waals surface area (Å²) in [4.78, 5) is 31.0. The Morgan fingerprint density at radius 3 is 2.69 bits per heavy atom. The van der Waals surface area contributed by atoms with E-state index in [9.17, 15) is 9.70 Å². The van der Waals surface area contributed by atoms with Crippen LogP contribution >= 0.6 is 11.6 Å². The second-order valence-electron chi connectivity index (χ2n) is 11.2. The number of likely N-dealkylation sites (N-methyl/N-ethyl adjacent to an activating group) is 1. The van der Waals surface area contributed by atoms with Crippen molar-refractivity contribution in [3.05, 3.63) is 39.5 Å². The summed E-state index contributed by atoms with van der Waals surface area (Å²) in [6.45, 7) is 7.06. The third kappa shape index (κ3) is 4.01. The summed E-state index contributed by atoms with van der Waals surface area (Å²) < 4.78 is 21.5. The van der Waals surface area contributed by atoms with Crippen LogP contribution in [-0.4, -0.2) is 102 Å². The third-order valence-electron chi connectivity index (χ3n) is 9.18. The zero-order valence-corrected chi connectivity index (χ0v) is 21.7. The normalized spacial score (nSPS) is 41.2. The number of fused-ring (bicyclic) bond motifs is 3. The number of piperidine rings is 1. The number of carbonyl (C=O) groups excluding carboxylic acids is 1. The van der Waals surface area contributed by atoms with Crippen molar-refractivity contribution in [3.8, 4) is 0 Å². The van der Waals surface area contributed by atoms with Crippen LogP contribution in [0.25, 0.3) is 0 Å². The van der Waals surface area contributed by atoms with Crippen molar-refractivity contribution < 1.29 is 18.8 Å². The highest BCUT2D eigenvalue weighted by molar-refractivity contribution is 6.30. The SMILES string of the molecule is CC1NC2C(c3ccc(Cl)cc3F)NC(C3CN(C4CN(C)[N+](=O)C4)C4COC3C4)CN2C(=O)C1C. The number of nitrogens with one attached hydrogen (secondary N) is 2. The van der Waals surface area contributed by atoms with Crippen LogP contribution in [0.4, 0.5) is 4.39 Å². The Hall–Kier alpha value is -1.85. The lowest BCUT2D eigenvalue weighted by Crippen LogP contribution is -2.73. The van der Waals surface area contributed by atoms with Crippen LogP contribution in [0.5, 0.6) is 0 Å². The molecule has 0 aromatic heterocycles. The maximum Gasteiger partial charge on any atom is 0.242 e. The summed E-state index contributed by atoms with van der Waals surface area (Å²) in [5.74, 6) is -0.346. The van der Waals surface area contributed by atoms with Crippen LogP contribution in [0.2, 0.25) is 5.02 Å². The lowest BCUT2D eigenvalue weighted by molar-refractivity contribution is -0.679. The van der Waals surface area contributed by atoms with Crippen LogP contribution in [-0.2, 0) is 9.53 Å². The Balaban J connectivity index is 1.31. The van der Waals surface area contributed by atoms with Gasteiger partial charge in [0.15, 0.2) is 0 Å². The molecule has 1 aromatic rings. The van der Waals surface area contributed by atoms with Crippen LogP contribution in [0.1, 0.15) is 31.9 Å². The van der Waals surface area contributed by atoms with Gasteiger partial charge in [0.05, 0.1) is 43.2 Å². The van der Waals surface area contributed by atoms with Crippen molar-refractivity contribution in [2.75, 3.05) is 39.8 Å². The average Bonchev–Trinajstić information content (AvgIpc) is 3.40. The fraction of sp³-hybridized carbons (Fsp3) is 0.720. The highest BCUT2D eigenvalue weighted by Crippen LogP contribution is 2.39. The molecule has 2 N–H and O–H groups in total. The minimum absolute atomic E-state index is 0.0200. The Labute approximate surface area is 215 Å². The van der Waals surface area contributed by atoms with E-state index in [0.29, 0.717) is 42.9 Å². The predicted molar refractivity (Wildman–Crippen MR) is 132 cm³/mol. The quantitative estimate of drug-likeness (QED) is 0.582. The Kier molecular flexibility index (Phi) is 6.23. The monoisotopic (exact) mass is 521 g/mol. The number of carbonyl (C=O) groups is 1. The molecule has 5 heterocycles. The van der Waals surface area contributed by atoms with E-state index in [0.717, 1.165) is 17.8 Å². The second-order valence-corrected chi connectivity index (χ2v) is 11.7. The molecule has 1 aromatic carbocycles. The van der Waals surface area contributed by atoms with Crippen molar-refractivity contribution in [3.63, 3.8) is 0 Å². The van der Waals surface area contributed by atoms with Crippen molar-refractivity contribution in [1.82, 2.24) is 25.4 Å². The van der Waals surface area contributed by atoms with E-state index in [4.69, 9.17) is 16.3 Å². The lowest BCUT2D eigenvalue weighted by Gasteiger charge is -2.54. The van der Waals surface area contributed by atoms with Gasteiger partial charge in [-0.1, -0.05) is 24.6 Å². The Morgan fingerprint density at radius 2 is 1.97 bits per heavy atom. The second kappa shape index (κ2) is 9.16. The Morgan fingerprint density at radius 1 is 1.17 bits per heavy atom. The van der Waals surface area contributed by atoms with E-state index in [1.54, 1.807) is 17.1 Å². The molecule has 0 aliphatic carbocycles. The molecule has 0 spiro atoms. The number of rotatable bonds is 3. The number of amides is 1. The standard InChI is InChI=1S/C25H35ClFN6O3/c1-13-14(2)28-24-23(18-5-4-15(26)6-20(18)27)29-21(11-32(24)25(13)34)19-10-31(16-7-22(19)36-12-16)17-8-30(3)33(35)9-17/h4-6,13-14,16-17,19,21-24,28-29H,7-12H2,1-3H3/q+1. The van der Waals surface area contributed by atoms with Gasteiger partial charge < -0.3 is 15.0 Å². The molecule has 5 fully saturated rings. The van der Waals surface area contributed by atoms with Crippen molar-refractivity contribution >= 4 is 17.5 Å². The first kappa shape index (κ1) is 24.5. The highest BCUT2D eigenvalue weighted by atomic mass is 35.5. The Bertz CT molecular complexity index is 1060. The number of hydrogen-bond donors (Lipinski definition) is 2. The molecule has 36 heavy (non-hydrogen) atoms. The van der Waals surface area contributed by atoms with E-state index in [1.807, 2.05) is 25.8 Å². The summed E-state index contributed by atoms with van der Waals surface area (Å²) in [6, 6.07) is 4.67. The van der Waals surface area contributed by atoms with Crippen molar-refractivity contribution in [1.29, 1.82) is 0 Å². The minimum Gasteiger partial charge on any atom is -0.376 e. The van der Waals surface area contributed by atoms with Gasteiger partial charge >= 0.3 is 0 Å². The number of halogens is 2. The third-order valence-corrected chi connectivity index (χ3v) is 9.41. The van der Waals surface area contributed by atoms with Crippen LogP contribution < -0.4 is 10.6 Å². The topological polar surface area (TPSA) is 80.2 Å². The van der Waals surface area contributed by atoms with Gasteiger partial charge in [-0.3, -0.25) is 15.0 Å². The molecular weight excluding hydrogens is 487 g/mol. The molecule has 5 aliphatic heterocycles. The molecule has 1 amide bonds. The molecule has 2 bridgehead atoms. The number of hydrogen-bond acceptors (Lipinski definition) is 6. The van der Waals surface area contributed by atoms with Crippen LogP contribution in [0.3, 0.4) is 0 Å². The van der Waals surface area contributed by atoms with Gasteiger partial charge in [-0.2, -0.15) is 0 Å². The summed E-state index contributed by atoms with van der Waals surface area (Å²) in [7, 11) is 1.83. The minimum atomic E-state index is -0.428. The number of nitrogens with zero attached hydrogens (tertiary/aromatic N) is 4. The lowest BCUT2D eigenvalue weighted by atomic mass is 9.81. The number of ether oxygens (including phenoxy) is 1. The zero-order chi connectivity index (χ0) is 25.3. The van der Waals surface area contributed by atoms with Crippen molar-refractivity contribution in [2.24, 2.45) is 11.8 Å². The molecule has 9 atom stereocenters. The average molecular weight is 522 g/mol. The number of benzene rings is 1. The van der Waals surface area contributed by atoms with Crippen molar-refractivity contribution in [2.45, 2.75) is 62.7 Å². The molecule has 9 unspecified atom stereocenters. The maximum absolute atomic E-state index is 15.2. The molecule has 5 aliphatic rings. The molecule has 196 valence electrons. The van der Waals surface area contributed by atoms with E-state index in [1.165, 1.54) is 6.07 Å². The zero-order valence-electron chi connectivity index (χ0n) is 20.9. The number of likely N-dealkylation sites (tertiary alicyclic amines) is 1. The number of hydrazine groups is 1. The van der Waals surface area contributed by atoms with Gasteiger partial charge in [0.2, 0.25) is 12.5 Å². The van der Waals surface area contributed by atoms with Crippen LogP contribution in [0, 0.1) is 22.6 Å². The summed E-state index contributed by atoms with van der Waals surface area (Å²) in [5, 5.41) is 9.37. The van der Waals surface area contributed by atoms with Crippen LogP contribution in [0.15, 0.2) is 18.2 Å². The summed E-state index contributed by atoms with van der Waals surface area (Å²) in [5.41, 5.74) is 0.499. The molecule has 6 rings (SSSR count). The van der Waals surface area contributed by atoms with Gasteiger partial charge in [-0.15, -0.1) is 5.01 Å². The molecule has 0 saturated carbocycles. The first-order valence-electron chi connectivity index (χ1n) is 13.0. The van der Waals surface area contributed by atoms with Gasteiger partial charge in [0, 0.05) is 47.7 Å². The van der Waals surface area contributed by atoms with E-state index in [-0.39, 0.29) is 54.0 Å². The van der Waals surface area contributed by atoms with Gasteiger partial charge in [0.1, 0.15) is 22.9 Å². The largest absolute Gasteiger partial charge is 0.376 e. The molecule has 0 radical (unpaired) electrons. The smallest absolute Gasteiger partial charge is 0.242 e.